The lowest BCUT2D eigenvalue weighted by Crippen LogP contribution is -2.24. The predicted molar refractivity (Wildman–Crippen MR) is 50.1 cm³/mol. The molecule has 1 aromatic rings. The van der Waals surface area contributed by atoms with Crippen molar-refractivity contribution in [3.05, 3.63) is 24.0 Å². The van der Waals surface area contributed by atoms with E-state index >= 15 is 0 Å². The SMILES string of the molecule is c1cc(OC2CCC2)cc(C2N=N2)n1. The van der Waals surface area contributed by atoms with E-state index < -0.39 is 0 Å². The average molecular weight is 189 g/mol. The maximum absolute atomic E-state index is 5.75. The molecular formula is C10H11N3O. The molecule has 72 valence electrons. The molecule has 0 amide bonds. The van der Waals surface area contributed by atoms with Crippen LogP contribution in [0.2, 0.25) is 0 Å². The predicted octanol–water partition coefficient (Wildman–Crippen LogP) is 2.48. The number of rotatable bonds is 3. The van der Waals surface area contributed by atoms with Crippen molar-refractivity contribution in [2.45, 2.75) is 31.5 Å². The van der Waals surface area contributed by atoms with E-state index in [1.54, 1.807) is 6.20 Å². The molecule has 0 saturated heterocycles. The molecule has 4 nitrogen and oxygen atoms in total. The molecule has 0 atom stereocenters. The summed E-state index contributed by atoms with van der Waals surface area (Å²) in [6.45, 7) is 0. The number of hydrogen-bond donors (Lipinski definition) is 0. The first kappa shape index (κ1) is 7.91. The van der Waals surface area contributed by atoms with E-state index in [1.165, 1.54) is 19.3 Å². The Kier molecular flexibility index (Phi) is 1.72. The van der Waals surface area contributed by atoms with Gasteiger partial charge in [-0.2, -0.15) is 10.2 Å². The van der Waals surface area contributed by atoms with E-state index in [4.69, 9.17) is 4.74 Å². The quantitative estimate of drug-likeness (QED) is 0.733. The third kappa shape index (κ3) is 1.47. The first-order valence-corrected chi connectivity index (χ1v) is 4.94. The monoisotopic (exact) mass is 189 g/mol. The highest BCUT2D eigenvalue weighted by Crippen LogP contribution is 2.32. The molecule has 0 spiro atoms. The fourth-order valence-corrected chi connectivity index (χ4v) is 1.48. The largest absolute Gasteiger partial charge is 0.490 e. The Morgan fingerprint density at radius 1 is 1.29 bits per heavy atom. The summed E-state index contributed by atoms with van der Waals surface area (Å²) in [5.41, 5.74) is 0.891. The van der Waals surface area contributed by atoms with Crippen molar-refractivity contribution in [3.8, 4) is 5.75 Å². The maximum Gasteiger partial charge on any atom is 0.222 e. The summed E-state index contributed by atoms with van der Waals surface area (Å²) in [5.74, 6) is 0.900. The standard InChI is InChI=1S/C10H11N3O/c1-2-7(3-1)14-8-4-5-11-9(6-8)10-12-13-10/h4-7,10H,1-3H2. The Bertz CT molecular complexity index is 367. The smallest absolute Gasteiger partial charge is 0.222 e. The molecule has 14 heavy (non-hydrogen) atoms. The molecule has 1 aromatic heterocycles. The van der Waals surface area contributed by atoms with Gasteiger partial charge in [0.1, 0.15) is 5.75 Å². The van der Waals surface area contributed by atoms with Gasteiger partial charge in [0.25, 0.3) is 0 Å². The second kappa shape index (κ2) is 3.04. The summed E-state index contributed by atoms with van der Waals surface area (Å²) in [6, 6.07) is 3.83. The number of hydrogen-bond acceptors (Lipinski definition) is 4. The van der Waals surface area contributed by atoms with E-state index in [0.29, 0.717) is 6.10 Å². The minimum Gasteiger partial charge on any atom is -0.490 e. The highest BCUT2D eigenvalue weighted by Gasteiger charge is 2.22. The highest BCUT2D eigenvalue weighted by atomic mass is 16.5. The third-order valence-electron chi connectivity index (χ3n) is 2.60. The van der Waals surface area contributed by atoms with Crippen LogP contribution in [0, 0.1) is 0 Å². The lowest BCUT2D eigenvalue weighted by molar-refractivity contribution is 0.120. The zero-order valence-corrected chi connectivity index (χ0v) is 7.76. The molecule has 1 aliphatic carbocycles. The van der Waals surface area contributed by atoms with Gasteiger partial charge in [-0.15, -0.1) is 0 Å². The Hall–Kier alpha value is -1.45. The summed E-state index contributed by atoms with van der Waals surface area (Å²) in [5, 5.41) is 7.67. The zero-order chi connectivity index (χ0) is 9.38. The van der Waals surface area contributed by atoms with E-state index in [2.05, 4.69) is 15.2 Å². The van der Waals surface area contributed by atoms with Crippen molar-refractivity contribution in [1.82, 2.24) is 4.98 Å². The summed E-state index contributed by atoms with van der Waals surface area (Å²) in [7, 11) is 0. The van der Waals surface area contributed by atoms with E-state index in [1.807, 2.05) is 12.1 Å². The molecular weight excluding hydrogens is 178 g/mol. The minimum absolute atomic E-state index is 0.0278. The molecule has 2 heterocycles. The molecule has 3 rings (SSSR count). The number of ether oxygens (including phenoxy) is 1. The van der Waals surface area contributed by atoms with Crippen LogP contribution < -0.4 is 4.74 Å². The van der Waals surface area contributed by atoms with E-state index in [-0.39, 0.29) is 6.17 Å². The fourth-order valence-electron chi connectivity index (χ4n) is 1.48. The van der Waals surface area contributed by atoms with Crippen molar-refractivity contribution < 1.29 is 4.74 Å². The topological polar surface area (TPSA) is 46.8 Å². The Morgan fingerprint density at radius 3 is 2.79 bits per heavy atom. The Balaban J connectivity index is 1.72. The van der Waals surface area contributed by atoms with Gasteiger partial charge in [0.2, 0.25) is 6.17 Å². The molecule has 0 N–H and O–H groups in total. The van der Waals surface area contributed by atoms with Gasteiger partial charge in [0.05, 0.1) is 11.8 Å². The normalized spacial score (nSPS) is 20.6. The number of aromatic nitrogens is 1. The van der Waals surface area contributed by atoms with Gasteiger partial charge < -0.3 is 4.74 Å². The summed E-state index contributed by atoms with van der Waals surface area (Å²) in [4.78, 5) is 4.19. The first-order chi connectivity index (χ1) is 6.92. The van der Waals surface area contributed by atoms with Crippen LogP contribution in [0.5, 0.6) is 5.75 Å². The second-order valence-electron chi connectivity index (χ2n) is 3.69. The molecule has 1 saturated carbocycles. The van der Waals surface area contributed by atoms with Gasteiger partial charge in [-0.1, -0.05) is 0 Å². The van der Waals surface area contributed by atoms with Gasteiger partial charge in [-0.25, -0.2) is 0 Å². The highest BCUT2D eigenvalue weighted by molar-refractivity contribution is 5.25. The fraction of sp³-hybridized carbons (Fsp3) is 0.500. The van der Waals surface area contributed by atoms with Crippen molar-refractivity contribution in [3.63, 3.8) is 0 Å². The van der Waals surface area contributed by atoms with E-state index in [0.717, 1.165) is 11.4 Å². The van der Waals surface area contributed by atoms with Crippen molar-refractivity contribution >= 4 is 0 Å². The van der Waals surface area contributed by atoms with Crippen molar-refractivity contribution in [1.29, 1.82) is 0 Å². The second-order valence-corrected chi connectivity index (χ2v) is 3.69. The Labute approximate surface area is 82.0 Å². The first-order valence-electron chi connectivity index (χ1n) is 4.94. The van der Waals surface area contributed by atoms with Gasteiger partial charge in [0, 0.05) is 12.3 Å². The summed E-state index contributed by atoms with van der Waals surface area (Å²) in [6.07, 6.45) is 5.78. The molecule has 0 unspecified atom stereocenters. The number of nitrogens with zero attached hydrogens (tertiary/aromatic N) is 3. The van der Waals surface area contributed by atoms with Gasteiger partial charge in [-0.05, 0) is 25.3 Å². The van der Waals surface area contributed by atoms with Gasteiger partial charge in [0.15, 0.2) is 0 Å². The summed E-state index contributed by atoms with van der Waals surface area (Å²) < 4.78 is 5.75. The zero-order valence-electron chi connectivity index (χ0n) is 7.76. The average Bonchev–Trinajstić information content (AvgIpc) is 2.95. The number of pyridine rings is 1. The van der Waals surface area contributed by atoms with Crippen molar-refractivity contribution in [2.75, 3.05) is 0 Å². The molecule has 0 radical (unpaired) electrons. The van der Waals surface area contributed by atoms with Crippen LogP contribution in [-0.2, 0) is 0 Å². The van der Waals surface area contributed by atoms with Crippen LogP contribution in [0.3, 0.4) is 0 Å². The summed E-state index contributed by atoms with van der Waals surface area (Å²) >= 11 is 0. The van der Waals surface area contributed by atoms with Crippen LogP contribution in [0.15, 0.2) is 28.6 Å². The molecule has 1 fully saturated rings. The van der Waals surface area contributed by atoms with E-state index in [9.17, 15) is 0 Å². The van der Waals surface area contributed by atoms with Gasteiger partial charge >= 0.3 is 0 Å². The molecule has 2 aliphatic rings. The minimum atomic E-state index is -0.0278. The molecule has 0 bridgehead atoms. The van der Waals surface area contributed by atoms with Gasteiger partial charge in [-0.3, -0.25) is 4.98 Å². The molecule has 4 heteroatoms. The molecule has 1 aliphatic heterocycles. The van der Waals surface area contributed by atoms with Crippen LogP contribution in [0.1, 0.15) is 31.1 Å². The van der Waals surface area contributed by atoms with Crippen LogP contribution in [0.4, 0.5) is 0 Å². The Morgan fingerprint density at radius 2 is 2.14 bits per heavy atom. The van der Waals surface area contributed by atoms with Crippen LogP contribution in [-0.4, -0.2) is 11.1 Å². The lowest BCUT2D eigenvalue weighted by atomic mass is 9.96. The van der Waals surface area contributed by atoms with Crippen LogP contribution >= 0.6 is 0 Å². The third-order valence-corrected chi connectivity index (χ3v) is 2.60. The maximum atomic E-state index is 5.75. The lowest BCUT2D eigenvalue weighted by Gasteiger charge is -2.26. The molecule has 0 aromatic carbocycles. The van der Waals surface area contributed by atoms with Crippen molar-refractivity contribution in [2.24, 2.45) is 10.2 Å². The van der Waals surface area contributed by atoms with Crippen LogP contribution in [0.25, 0.3) is 0 Å².